The van der Waals surface area contributed by atoms with E-state index in [0.717, 1.165) is 11.1 Å². The molecule has 98 valence electrons. The number of rotatable bonds is 5. The van der Waals surface area contributed by atoms with Gasteiger partial charge in [0.1, 0.15) is 0 Å². The van der Waals surface area contributed by atoms with Crippen LogP contribution in [0.15, 0.2) is 24.3 Å². The van der Waals surface area contributed by atoms with E-state index in [9.17, 15) is 9.59 Å². The minimum absolute atomic E-state index is 0.421. The van der Waals surface area contributed by atoms with Gasteiger partial charge in [-0.25, -0.2) is 15.1 Å². The highest BCUT2D eigenvalue weighted by molar-refractivity contribution is 5.73. The van der Waals surface area contributed by atoms with Gasteiger partial charge in [0.25, 0.3) is 0 Å². The number of urea groups is 1. The predicted octanol–water partition coefficient (Wildman–Crippen LogP) is 1.15. The molecule has 2 amide bonds. The van der Waals surface area contributed by atoms with Crippen molar-refractivity contribution in [2.75, 3.05) is 13.7 Å². The molecule has 0 aromatic heterocycles. The molecule has 6 heteroatoms. The lowest BCUT2D eigenvalue weighted by molar-refractivity contribution is -0.144. The summed E-state index contributed by atoms with van der Waals surface area (Å²) in [6, 6.07) is 7.28. The van der Waals surface area contributed by atoms with Crippen LogP contribution in [0, 0.1) is 6.92 Å². The molecule has 18 heavy (non-hydrogen) atoms. The average molecular weight is 252 g/mol. The monoisotopic (exact) mass is 252 g/mol. The zero-order chi connectivity index (χ0) is 13.5. The fraction of sp³-hybridized carbons (Fsp3) is 0.333. The molecule has 0 saturated carbocycles. The van der Waals surface area contributed by atoms with E-state index in [1.807, 2.05) is 31.2 Å². The Labute approximate surface area is 105 Å². The molecule has 2 N–H and O–H groups in total. The summed E-state index contributed by atoms with van der Waals surface area (Å²) < 4.78 is 0. The second-order valence-corrected chi connectivity index (χ2v) is 3.93. The molecule has 6 nitrogen and oxygen atoms in total. The van der Waals surface area contributed by atoms with Crippen LogP contribution >= 0.6 is 0 Å². The highest BCUT2D eigenvalue weighted by atomic mass is 16.7. The Morgan fingerprint density at radius 1 is 1.44 bits per heavy atom. The van der Waals surface area contributed by atoms with E-state index in [1.54, 1.807) is 7.05 Å². The van der Waals surface area contributed by atoms with Crippen molar-refractivity contribution < 1.29 is 19.5 Å². The van der Waals surface area contributed by atoms with E-state index in [0.29, 0.717) is 6.54 Å². The van der Waals surface area contributed by atoms with Gasteiger partial charge in [0, 0.05) is 13.6 Å². The van der Waals surface area contributed by atoms with Gasteiger partial charge < -0.3 is 10.0 Å². The molecule has 0 aliphatic rings. The lowest BCUT2D eigenvalue weighted by atomic mass is 10.1. The number of amides is 2. The van der Waals surface area contributed by atoms with Crippen molar-refractivity contribution in [1.29, 1.82) is 0 Å². The molecule has 1 aromatic rings. The molecule has 0 fully saturated rings. The van der Waals surface area contributed by atoms with Crippen LogP contribution < -0.4 is 5.48 Å². The number of aliphatic carboxylic acids is 1. The molecule has 0 aliphatic carbocycles. The van der Waals surface area contributed by atoms with Gasteiger partial charge in [0.2, 0.25) is 0 Å². The maximum atomic E-state index is 11.5. The molecule has 0 aliphatic heterocycles. The molecule has 0 radical (unpaired) electrons. The van der Waals surface area contributed by atoms with Crippen LogP contribution in [0.5, 0.6) is 0 Å². The Bertz CT molecular complexity index is 434. The molecule has 0 bridgehead atoms. The second-order valence-electron chi connectivity index (χ2n) is 3.93. The highest BCUT2D eigenvalue weighted by Gasteiger charge is 2.09. The van der Waals surface area contributed by atoms with Crippen molar-refractivity contribution in [3.05, 3.63) is 35.4 Å². The average Bonchev–Trinajstić information content (AvgIpc) is 2.28. The fourth-order valence-corrected chi connectivity index (χ4v) is 1.39. The minimum atomic E-state index is -1.14. The van der Waals surface area contributed by atoms with Gasteiger partial charge in [-0.05, 0) is 12.5 Å². The Hall–Kier alpha value is -2.08. The molecular formula is C12H16N2O4. The number of aryl methyl sites for hydroxylation is 1. The molecule has 0 heterocycles. The maximum absolute atomic E-state index is 11.5. The van der Waals surface area contributed by atoms with E-state index in [1.165, 1.54) is 4.90 Å². The summed E-state index contributed by atoms with van der Waals surface area (Å²) in [4.78, 5) is 27.6. The van der Waals surface area contributed by atoms with Crippen molar-refractivity contribution >= 4 is 12.0 Å². The third kappa shape index (κ3) is 4.84. The third-order valence-electron chi connectivity index (χ3n) is 2.20. The summed E-state index contributed by atoms with van der Waals surface area (Å²) in [7, 11) is 1.60. The lowest BCUT2D eigenvalue weighted by Crippen LogP contribution is -2.37. The van der Waals surface area contributed by atoms with E-state index in [2.05, 4.69) is 10.3 Å². The first-order valence-electron chi connectivity index (χ1n) is 5.39. The van der Waals surface area contributed by atoms with Crippen LogP contribution in [-0.4, -0.2) is 35.7 Å². The van der Waals surface area contributed by atoms with Crippen LogP contribution in [0.2, 0.25) is 0 Å². The maximum Gasteiger partial charge on any atom is 0.341 e. The van der Waals surface area contributed by atoms with Gasteiger partial charge in [-0.2, -0.15) is 0 Å². The van der Waals surface area contributed by atoms with Crippen LogP contribution in [0.3, 0.4) is 0 Å². The number of nitrogens with one attached hydrogen (secondary N) is 1. The number of carboxylic acids is 1. The topological polar surface area (TPSA) is 78.9 Å². The number of benzene rings is 1. The van der Waals surface area contributed by atoms with Crippen LogP contribution in [0.4, 0.5) is 4.79 Å². The summed E-state index contributed by atoms with van der Waals surface area (Å²) in [5.41, 5.74) is 4.16. The molecule has 1 aromatic carbocycles. The quantitative estimate of drug-likeness (QED) is 0.770. The zero-order valence-corrected chi connectivity index (χ0v) is 10.3. The van der Waals surface area contributed by atoms with Crippen LogP contribution in [0.1, 0.15) is 11.1 Å². The summed E-state index contributed by atoms with van der Waals surface area (Å²) in [5.74, 6) is -1.14. The van der Waals surface area contributed by atoms with Crippen LogP contribution in [0.25, 0.3) is 0 Å². The van der Waals surface area contributed by atoms with Crippen molar-refractivity contribution in [3.63, 3.8) is 0 Å². The lowest BCUT2D eigenvalue weighted by Gasteiger charge is -2.17. The summed E-state index contributed by atoms with van der Waals surface area (Å²) >= 11 is 0. The Morgan fingerprint density at radius 2 is 2.17 bits per heavy atom. The predicted molar refractivity (Wildman–Crippen MR) is 64.8 cm³/mol. The smallest absolute Gasteiger partial charge is 0.341 e. The molecule has 0 unspecified atom stereocenters. The number of nitrogens with zero attached hydrogens (tertiary/aromatic N) is 1. The zero-order valence-electron chi connectivity index (χ0n) is 10.3. The van der Waals surface area contributed by atoms with Gasteiger partial charge in [0.15, 0.2) is 6.61 Å². The number of hydrogen-bond donors (Lipinski definition) is 2. The Balaban J connectivity index is 2.42. The minimum Gasteiger partial charge on any atom is -0.479 e. The standard InChI is InChI=1S/C12H16N2O4/c1-9-4-3-5-10(6-9)7-14(2)12(17)13-18-8-11(15)16/h3-6H,7-8H2,1-2H3,(H,13,17)(H,15,16). The first-order chi connectivity index (χ1) is 8.49. The van der Waals surface area contributed by atoms with Gasteiger partial charge in [0.05, 0.1) is 0 Å². The number of hydrogen-bond acceptors (Lipinski definition) is 3. The van der Waals surface area contributed by atoms with Gasteiger partial charge >= 0.3 is 12.0 Å². The summed E-state index contributed by atoms with van der Waals surface area (Å²) in [5, 5.41) is 8.34. The fourth-order valence-electron chi connectivity index (χ4n) is 1.39. The van der Waals surface area contributed by atoms with Crippen molar-refractivity contribution in [2.24, 2.45) is 0 Å². The SMILES string of the molecule is Cc1cccc(CN(C)C(=O)NOCC(=O)O)c1. The normalized spacial score (nSPS) is 9.89. The number of carboxylic acid groups (broad SMARTS) is 1. The van der Waals surface area contributed by atoms with Crippen molar-refractivity contribution in [1.82, 2.24) is 10.4 Å². The van der Waals surface area contributed by atoms with E-state index in [-0.39, 0.29) is 0 Å². The molecule has 0 spiro atoms. The van der Waals surface area contributed by atoms with Gasteiger partial charge in [-0.15, -0.1) is 0 Å². The molecule has 0 atom stereocenters. The van der Waals surface area contributed by atoms with Gasteiger partial charge in [-0.1, -0.05) is 29.8 Å². The van der Waals surface area contributed by atoms with E-state index >= 15 is 0 Å². The first kappa shape index (κ1) is 14.0. The molecule has 0 saturated heterocycles. The van der Waals surface area contributed by atoms with Crippen molar-refractivity contribution in [2.45, 2.75) is 13.5 Å². The highest BCUT2D eigenvalue weighted by Crippen LogP contribution is 2.06. The largest absolute Gasteiger partial charge is 0.479 e. The second kappa shape index (κ2) is 6.61. The summed E-state index contributed by atoms with van der Waals surface area (Å²) in [6.45, 7) is 1.83. The third-order valence-corrected chi connectivity index (χ3v) is 2.20. The Morgan fingerprint density at radius 3 is 2.78 bits per heavy atom. The number of carbonyl (C=O) groups excluding carboxylic acids is 1. The van der Waals surface area contributed by atoms with Gasteiger partial charge in [-0.3, -0.25) is 4.84 Å². The summed E-state index contributed by atoms with van der Waals surface area (Å²) in [6.07, 6.45) is 0. The number of hydroxylamine groups is 1. The Kier molecular flexibility index (Phi) is 5.13. The van der Waals surface area contributed by atoms with E-state index < -0.39 is 18.6 Å². The van der Waals surface area contributed by atoms with Crippen molar-refractivity contribution in [3.8, 4) is 0 Å². The molecule has 1 rings (SSSR count). The molecular weight excluding hydrogens is 236 g/mol. The van der Waals surface area contributed by atoms with E-state index in [4.69, 9.17) is 5.11 Å². The first-order valence-corrected chi connectivity index (χ1v) is 5.39. The number of carbonyl (C=O) groups is 2. The van der Waals surface area contributed by atoms with Crippen LogP contribution in [-0.2, 0) is 16.2 Å².